The summed E-state index contributed by atoms with van der Waals surface area (Å²) in [6.45, 7) is 5.42. The molecule has 0 aliphatic carbocycles. The average molecular weight is 256 g/mol. The number of aliphatic hydroxyl groups is 1. The molecule has 0 bridgehead atoms. The number of para-hydroxylation sites is 1. The first kappa shape index (κ1) is 14.9. The summed E-state index contributed by atoms with van der Waals surface area (Å²) < 4.78 is 24.1. The molecule has 0 fully saturated rings. The predicted octanol–water partition coefficient (Wildman–Crippen LogP) is 2.76. The van der Waals surface area contributed by atoms with E-state index >= 15 is 0 Å². The first-order chi connectivity index (χ1) is 8.65. The third-order valence-electron chi connectivity index (χ3n) is 2.53. The Morgan fingerprint density at radius 1 is 1.22 bits per heavy atom. The average Bonchev–Trinajstić information content (AvgIpc) is 2.34. The van der Waals surface area contributed by atoms with Gasteiger partial charge in [-0.1, -0.05) is 26.0 Å². The van der Waals surface area contributed by atoms with E-state index < -0.39 is 5.82 Å². The van der Waals surface area contributed by atoms with Gasteiger partial charge in [0.05, 0.1) is 13.2 Å². The van der Waals surface area contributed by atoms with Crippen LogP contribution >= 0.6 is 0 Å². The van der Waals surface area contributed by atoms with Gasteiger partial charge in [0.2, 0.25) is 0 Å². The van der Waals surface area contributed by atoms with Gasteiger partial charge in [0.15, 0.2) is 11.6 Å². The van der Waals surface area contributed by atoms with Crippen molar-refractivity contribution >= 4 is 0 Å². The van der Waals surface area contributed by atoms with Crippen molar-refractivity contribution < 1.29 is 19.0 Å². The second-order valence-electron chi connectivity index (χ2n) is 4.53. The molecule has 0 radical (unpaired) electrons. The number of hydrogen-bond donors (Lipinski definition) is 1. The van der Waals surface area contributed by atoms with Gasteiger partial charge < -0.3 is 14.6 Å². The van der Waals surface area contributed by atoms with E-state index in [2.05, 4.69) is 13.8 Å². The predicted molar refractivity (Wildman–Crippen MR) is 68.1 cm³/mol. The standard InChI is InChI=1S/C14H21FO3/c1-11(2)6-7-17-8-9-18-14-12(10-16)4-3-5-13(14)15/h3-5,11,16H,6-10H2,1-2H3. The Labute approximate surface area is 108 Å². The topological polar surface area (TPSA) is 38.7 Å². The molecule has 0 heterocycles. The molecule has 0 unspecified atom stereocenters. The summed E-state index contributed by atoms with van der Waals surface area (Å²) >= 11 is 0. The minimum atomic E-state index is -0.455. The van der Waals surface area contributed by atoms with Crippen molar-refractivity contribution in [3.8, 4) is 5.75 Å². The third kappa shape index (κ3) is 5.02. The van der Waals surface area contributed by atoms with Gasteiger partial charge in [-0.3, -0.25) is 0 Å². The van der Waals surface area contributed by atoms with Crippen LogP contribution in [0.2, 0.25) is 0 Å². The van der Waals surface area contributed by atoms with Crippen LogP contribution in [0.3, 0.4) is 0 Å². The van der Waals surface area contributed by atoms with Crippen LogP contribution in [0.4, 0.5) is 4.39 Å². The van der Waals surface area contributed by atoms with Crippen LogP contribution in [0.15, 0.2) is 18.2 Å². The van der Waals surface area contributed by atoms with Gasteiger partial charge >= 0.3 is 0 Å². The normalized spacial score (nSPS) is 10.9. The summed E-state index contributed by atoms with van der Waals surface area (Å²) in [5.74, 6) is 0.273. The molecule has 1 N–H and O–H groups in total. The quantitative estimate of drug-likeness (QED) is 0.727. The van der Waals surface area contributed by atoms with Crippen LogP contribution in [-0.2, 0) is 11.3 Å². The van der Waals surface area contributed by atoms with E-state index in [0.29, 0.717) is 24.7 Å². The highest BCUT2D eigenvalue weighted by Crippen LogP contribution is 2.22. The summed E-state index contributed by atoms with van der Waals surface area (Å²) in [5.41, 5.74) is 0.456. The molecule has 102 valence electrons. The summed E-state index contributed by atoms with van der Waals surface area (Å²) in [6, 6.07) is 4.50. The number of rotatable bonds is 8. The number of benzene rings is 1. The van der Waals surface area contributed by atoms with Crippen molar-refractivity contribution in [1.29, 1.82) is 0 Å². The van der Waals surface area contributed by atoms with E-state index in [4.69, 9.17) is 14.6 Å². The van der Waals surface area contributed by atoms with E-state index in [1.165, 1.54) is 6.07 Å². The van der Waals surface area contributed by atoms with Crippen molar-refractivity contribution in [2.45, 2.75) is 26.9 Å². The van der Waals surface area contributed by atoms with Gasteiger partial charge in [-0.15, -0.1) is 0 Å². The molecule has 18 heavy (non-hydrogen) atoms. The lowest BCUT2D eigenvalue weighted by atomic mass is 10.1. The molecule has 1 rings (SSSR count). The minimum Gasteiger partial charge on any atom is -0.488 e. The maximum Gasteiger partial charge on any atom is 0.165 e. The highest BCUT2D eigenvalue weighted by atomic mass is 19.1. The van der Waals surface area contributed by atoms with Crippen LogP contribution in [-0.4, -0.2) is 24.9 Å². The van der Waals surface area contributed by atoms with Gasteiger partial charge in [0.25, 0.3) is 0 Å². The molecule has 1 aromatic rings. The Morgan fingerprint density at radius 2 is 2.00 bits per heavy atom. The van der Waals surface area contributed by atoms with Crippen molar-refractivity contribution in [2.75, 3.05) is 19.8 Å². The van der Waals surface area contributed by atoms with E-state index in [0.717, 1.165) is 6.42 Å². The SMILES string of the molecule is CC(C)CCOCCOc1c(F)cccc1CO. The molecule has 0 aromatic heterocycles. The lowest BCUT2D eigenvalue weighted by Crippen LogP contribution is -2.10. The van der Waals surface area contributed by atoms with Crippen LogP contribution in [0.5, 0.6) is 5.75 Å². The molecule has 0 saturated heterocycles. The number of aliphatic hydroxyl groups excluding tert-OH is 1. The second-order valence-corrected chi connectivity index (χ2v) is 4.53. The fraction of sp³-hybridized carbons (Fsp3) is 0.571. The molecule has 0 amide bonds. The maximum atomic E-state index is 13.4. The molecule has 0 spiro atoms. The Morgan fingerprint density at radius 3 is 2.67 bits per heavy atom. The van der Waals surface area contributed by atoms with Crippen molar-refractivity contribution in [3.05, 3.63) is 29.6 Å². The Kier molecular flexibility index (Phi) is 6.68. The Bertz CT molecular complexity index is 353. The maximum absolute atomic E-state index is 13.4. The van der Waals surface area contributed by atoms with E-state index in [9.17, 15) is 4.39 Å². The number of hydrogen-bond acceptors (Lipinski definition) is 3. The van der Waals surface area contributed by atoms with Crippen LogP contribution in [0, 0.1) is 11.7 Å². The molecular weight excluding hydrogens is 235 g/mol. The fourth-order valence-electron chi connectivity index (χ4n) is 1.46. The highest BCUT2D eigenvalue weighted by molar-refractivity contribution is 5.34. The van der Waals surface area contributed by atoms with Crippen LogP contribution in [0.25, 0.3) is 0 Å². The number of halogens is 1. The minimum absolute atomic E-state index is 0.118. The molecule has 1 aromatic carbocycles. The van der Waals surface area contributed by atoms with Crippen molar-refractivity contribution in [1.82, 2.24) is 0 Å². The van der Waals surface area contributed by atoms with Gasteiger partial charge in [-0.2, -0.15) is 0 Å². The highest BCUT2D eigenvalue weighted by Gasteiger charge is 2.08. The molecule has 0 aliphatic heterocycles. The van der Waals surface area contributed by atoms with Gasteiger partial charge in [0.1, 0.15) is 6.61 Å². The van der Waals surface area contributed by atoms with Gasteiger partial charge in [0, 0.05) is 12.2 Å². The summed E-state index contributed by atoms with van der Waals surface area (Å²) in [6.07, 6.45) is 1.00. The zero-order valence-corrected chi connectivity index (χ0v) is 11.0. The molecule has 0 saturated carbocycles. The largest absolute Gasteiger partial charge is 0.488 e. The fourth-order valence-corrected chi connectivity index (χ4v) is 1.46. The lowest BCUT2D eigenvalue weighted by molar-refractivity contribution is 0.0904. The number of ether oxygens (including phenoxy) is 2. The Hall–Kier alpha value is -1.13. The molecular formula is C14H21FO3. The van der Waals surface area contributed by atoms with Gasteiger partial charge in [-0.25, -0.2) is 4.39 Å². The zero-order valence-electron chi connectivity index (χ0n) is 11.0. The summed E-state index contributed by atoms with van der Waals surface area (Å²) in [4.78, 5) is 0. The lowest BCUT2D eigenvalue weighted by Gasteiger charge is -2.11. The summed E-state index contributed by atoms with van der Waals surface area (Å²) in [7, 11) is 0. The second kappa shape index (κ2) is 8.06. The molecule has 0 atom stereocenters. The van der Waals surface area contributed by atoms with Crippen molar-refractivity contribution in [2.24, 2.45) is 5.92 Å². The zero-order chi connectivity index (χ0) is 13.4. The first-order valence-corrected chi connectivity index (χ1v) is 6.24. The molecule has 4 heteroatoms. The van der Waals surface area contributed by atoms with Gasteiger partial charge in [-0.05, 0) is 18.4 Å². The first-order valence-electron chi connectivity index (χ1n) is 6.24. The van der Waals surface area contributed by atoms with E-state index in [1.807, 2.05) is 0 Å². The van der Waals surface area contributed by atoms with Crippen LogP contribution in [0.1, 0.15) is 25.8 Å². The smallest absolute Gasteiger partial charge is 0.165 e. The molecule has 3 nitrogen and oxygen atoms in total. The van der Waals surface area contributed by atoms with E-state index in [-0.39, 0.29) is 19.0 Å². The third-order valence-corrected chi connectivity index (χ3v) is 2.53. The Balaban J connectivity index is 2.31. The van der Waals surface area contributed by atoms with Crippen LogP contribution < -0.4 is 4.74 Å². The monoisotopic (exact) mass is 256 g/mol. The van der Waals surface area contributed by atoms with E-state index in [1.54, 1.807) is 12.1 Å². The molecule has 0 aliphatic rings. The summed E-state index contributed by atoms with van der Waals surface area (Å²) in [5, 5.41) is 9.07. The van der Waals surface area contributed by atoms with Crippen molar-refractivity contribution in [3.63, 3.8) is 0 Å².